The maximum absolute atomic E-state index is 15.3. The van der Waals surface area contributed by atoms with E-state index in [0.717, 1.165) is 11.1 Å². The van der Waals surface area contributed by atoms with Gasteiger partial charge in [-0.2, -0.15) is 5.10 Å². The standard InChI is InChI=1S/C21H17FN4O2/c1-26-16-6-3-9-23-20(16)21(25-26)24-15-5-2-4-14(19(15)22)13-7-8-17-18(12-13)28-11-10-27-17/h2-9,12H,10-11H2,1H3,(H,24,25). The van der Waals surface area contributed by atoms with E-state index in [9.17, 15) is 0 Å². The molecule has 0 saturated carbocycles. The second-order valence-electron chi connectivity index (χ2n) is 6.49. The van der Waals surface area contributed by atoms with E-state index >= 15 is 4.39 Å². The molecule has 28 heavy (non-hydrogen) atoms. The number of aromatic nitrogens is 3. The molecular weight excluding hydrogens is 359 g/mol. The number of anilines is 2. The predicted octanol–water partition coefficient (Wildman–Crippen LogP) is 4.29. The highest BCUT2D eigenvalue weighted by atomic mass is 19.1. The van der Waals surface area contributed by atoms with Crippen molar-refractivity contribution in [2.45, 2.75) is 0 Å². The topological polar surface area (TPSA) is 61.2 Å². The van der Waals surface area contributed by atoms with Crippen LogP contribution in [0.4, 0.5) is 15.9 Å². The SMILES string of the molecule is Cn1nc(Nc2cccc(-c3ccc4c(c3)OCCO4)c2F)c2ncccc21. The van der Waals surface area contributed by atoms with Crippen LogP contribution in [0.15, 0.2) is 54.7 Å². The van der Waals surface area contributed by atoms with E-state index in [4.69, 9.17) is 9.47 Å². The molecule has 5 rings (SSSR count). The minimum Gasteiger partial charge on any atom is -0.486 e. The van der Waals surface area contributed by atoms with E-state index < -0.39 is 0 Å². The Bertz CT molecular complexity index is 1190. The van der Waals surface area contributed by atoms with Gasteiger partial charge in [-0.1, -0.05) is 18.2 Å². The Kier molecular flexibility index (Phi) is 3.86. The lowest BCUT2D eigenvalue weighted by Gasteiger charge is -2.19. The molecule has 1 aliphatic rings. The fraction of sp³-hybridized carbons (Fsp3) is 0.143. The van der Waals surface area contributed by atoms with Gasteiger partial charge in [-0.05, 0) is 35.9 Å². The van der Waals surface area contributed by atoms with Crippen LogP contribution >= 0.6 is 0 Å². The first-order valence-corrected chi connectivity index (χ1v) is 8.94. The van der Waals surface area contributed by atoms with Crippen LogP contribution in [0.3, 0.4) is 0 Å². The normalized spacial score (nSPS) is 12.9. The molecule has 3 heterocycles. The lowest BCUT2D eigenvalue weighted by molar-refractivity contribution is 0.171. The summed E-state index contributed by atoms with van der Waals surface area (Å²) >= 11 is 0. The molecule has 0 aliphatic carbocycles. The molecule has 0 saturated heterocycles. The van der Waals surface area contributed by atoms with Crippen molar-refractivity contribution < 1.29 is 13.9 Å². The number of benzene rings is 2. The number of aryl methyl sites for hydroxylation is 1. The number of ether oxygens (including phenoxy) is 2. The molecular formula is C21H17FN4O2. The molecule has 7 heteroatoms. The Morgan fingerprint density at radius 1 is 1.04 bits per heavy atom. The second-order valence-corrected chi connectivity index (χ2v) is 6.49. The van der Waals surface area contributed by atoms with Gasteiger partial charge in [0.05, 0.1) is 11.2 Å². The number of hydrogen-bond donors (Lipinski definition) is 1. The Balaban J connectivity index is 1.54. The van der Waals surface area contributed by atoms with Crippen molar-refractivity contribution in [3.8, 4) is 22.6 Å². The van der Waals surface area contributed by atoms with Crippen molar-refractivity contribution in [3.05, 3.63) is 60.5 Å². The van der Waals surface area contributed by atoms with Crippen molar-refractivity contribution in [2.24, 2.45) is 7.05 Å². The fourth-order valence-corrected chi connectivity index (χ4v) is 3.37. The molecule has 2 aromatic heterocycles. The van der Waals surface area contributed by atoms with Crippen molar-refractivity contribution in [2.75, 3.05) is 18.5 Å². The fourth-order valence-electron chi connectivity index (χ4n) is 3.37. The summed E-state index contributed by atoms with van der Waals surface area (Å²) in [4.78, 5) is 4.36. The van der Waals surface area contributed by atoms with Crippen LogP contribution in [0.1, 0.15) is 0 Å². The van der Waals surface area contributed by atoms with E-state index in [1.165, 1.54) is 0 Å². The van der Waals surface area contributed by atoms with Crippen molar-refractivity contribution >= 4 is 22.5 Å². The third kappa shape index (κ3) is 2.72. The Hall–Kier alpha value is -3.61. The first kappa shape index (κ1) is 16.6. The van der Waals surface area contributed by atoms with Crippen molar-refractivity contribution in [3.63, 3.8) is 0 Å². The zero-order valence-corrected chi connectivity index (χ0v) is 15.1. The number of fused-ring (bicyclic) bond motifs is 2. The van der Waals surface area contributed by atoms with Gasteiger partial charge in [0.1, 0.15) is 18.7 Å². The number of pyridine rings is 1. The van der Waals surface area contributed by atoms with Crippen molar-refractivity contribution in [1.82, 2.24) is 14.8 Å². The summed E-state index contributed by atoms with van der Waals surface area (Å²) in [6.45, 7) is 1.01. The predicted molar refractivity (Wildman–Crippen MR) is 105 cm³/mol. The maximum atomic E-state index is 15.3. The van der Waals surface area contributed by atoms with Gasteiger partial charge in [-0.15, -0.1) is 0 Å². The summed E-state index contributed by atoms with van der Waals surface area (Å²) in [7, 11) is 1.83. The highest BCUT2D eigenvalue weighted by molar-refractivity contribution is 5.88. The quantitative estimate of drug-likeness (QED) is 0.578. The van der Waals surface area contributed by atoms with E-state index in [1.807, 2.05) is 25.2 Å². The monoisotopic (exact) mass is 376 g/mol. The van der Waals surface area contributed by atoms with Gasteiger partial charge in [-0.3, -0.25) is 9.67 Å². The average molecular weight is 376 g/mol. The number of halogens is 1. The van der Waals surface area contributed by atoms with Crippen molar-refractivity contribution in [1.29, 1.82) is 0 Å². The van der Waals surface area contributed by atoms with Gasteiger partial charge in [0.2, 0.25) is 0 Å². The van der Waals surface area contributed by atoms with Crippen LogP contribution in [-0.2, 0) is 7.05 Å². The lowest BCUT2D eigenvalue weighted by atomic mass is 10.0. The van der Waals surface area contributed by atoms with E-state index in [1.54, 1.807) is 41.2 Å². The van der Waals surface area contributed by atoms with Gasteiger partial charge in [0.15, 0.2) is 23.1 Å². The van der Waals surface area contributed by atoms with Crippen LogP contribution in [-0.4, -0.2) is 28.0 Å². The van der Waals surface area contributed by atoms with Gasteiger partial charge in [0, 0.05) is 18.8 Å². The smallest absolute Gasteiger partial charge is 0.179 e. The van der Waals surface area contributed by atoms with Crippen LogP contribution in [0.2, 0.25) is 0 Å². The molecule has 2 aromatic carbocycles. The van der Waals surface area contributed by atoms with Gasteiger partial charge in [0.25, 0.3) is 0 Å². The first-order chi connectivity index (χ1) is 13.7. The summed E-state index contributed by atoms with van der Waals surface area (Å²) < 4.78 is 28.2. The average Bonchev–Trinajstić information content (AvgIpc) is 3.05. The lowest BCUT2D eigenvalue weighted by Crippen LogP contribution is -2.15. The van der Waals surface area contributed by atoms with Crippen LogP contribution in [0.25, 0.3) is 22.2 Å². The zero-order chi connectivity index (χ0) is 19.1. The Morgan fingerprint density at radius 3 is 2.79 bits per heavy atom. The molecule has 0 radical (unpaired) electrons. The number of rotatable bonds is 3. The highest BCUT2D eigenvalue weighted by Gasteiger charge is 2.17. The molecule has 4 aromatic rings. The second kappa shape index (κ2) is 6.53. The molecule has 1 aliphatic heterocycles. The van der Waals surface area contributed by atoms with E-state index in [-0.39, 0.29) is 5.82 Å². The third-order valence-electron chi connectivity index (χ3n) is 4.71. The summed E-state index contributed by atoms with van der Waals surface area (Å²) in [6, 6.07) is 14.4. The van der Waals surface area contributed by atoms with Gasteiger partial charge >= 0.3 is 0 Å². The summed E-state index contributed by atoms with van der Waals surface area (Å²) in [5.41, 5.74) is 3.07. The Morgan fingerprint density at radius 2 is 1.89 bits per heavy atom. The van der Waals surface area contributed by atoms with E-state index in [0.29, 0.717) is 47.3 Å². The van der Waals surface area contributed by atoms with E-state index in [2.05, 4.69) is 15.4 Å². The molecule has 140 valence electrons. The number of nitrogens with zero attached hydrogens (tertiary/aromatic N) is 3. The maximum Gasteiger partial charge on any atom is 0.179 e. The summed E-state index contributed by atoms with van der Waals surface area (Å²) in [5, 5.41) is 7.51. The number of hydrogen-bond acceptors (Lipinski definition) is 5. The Labute approximate surface area is 160 Å². The molecule has 0 atom stereocenters. The van der Waals surface area contributed by atoms with Crippen LogP contribution in [0.5, 0.6) is 11.5 Å². The molecule has 1 N–H and O–H groups in total. The minimum absolute atomic E-state index is 0.332. The molecule has 0 amide bonds. The molecule has 0 bridgehead atoms. The molecule has 0 fully saturated rings. The van der Waals surface area contributed by atoms with Crippen LogP contribution in [0, 0.1) is 5.82 Å². The molecule has 0 spiro atoms. The summed E-state index contributed by atoms with van der Waals surface area (Å²) in [5.74, 6) is 1.45. The van der Waals surface area contributed by atoms with Gasteiger partial charge in [-0.25, -0.2) is 4.39 Å². The number of nitrogens with one attached hydrogen (secondary N) is 1. The largest absolute Gasteiger partial charge is 0.486 e. The zero-order valence-electron chi connectivity index (χ0n) is 15.1. The molecule has 6 nitrogen and oxygen atoms in total. The van der Waals surface area contributed by atoms with Crippen LogP contribution < -0.4 is 14.8 Å². The third-order valence-corrected chi connectivity index (χ3v) is 4.71. The van der Waals surface area contributed by atoms with Gasteiger partial charge < -0.3 is 14.8 Å². The molecule has 0 unspecified atom stereocenters. The first-order valence-electron chi connectivity index (χ1n) is 8.94. The highest BCUT2D eigenvalue weighted by Crippen LogP contribution is 2.37. The summed E-state index contributed by atoms with van der Waals surface area (Å²) in [6.07, 6.45) is 1.69. The minimum atomic E-state index is -0.367.